The average molecular weight is 235 g/mol. The number of aromatic nitrogens is 2. The quantitative estimate of drug-likeness (QED) is 0.730. The van der Waals surface area contributed by atoms with Crippen LogP contribution in [0.5, 0.6) is 0 Å². The highest BCUT2D eigenvalue weighted by Gasteiger charge is 2.01. The van der Waals surface area contributed by atoms with Crippen LogP contribution in [-0.2, 0) is 11.2 Å². The zero-order chi connectivity index (χ0) is 8.81. The lowest BCUT2D eigenvalue weighted by atomic mass is 10.3. The van der Waals surface area contributed by atoms with Gasteiger partial charge in [-0.2, -0.15) is 4.98 Å². The molecule has 1 aromatic heterocycles. The van der Waals surface area contributed by atoms with Crippen molar-refractivity contribution in [2.24, 2.45) is 0 Å². The molecule has 0 N–H and O–H groups in total. The Bertz CT molecular complexity index is 227. The molecule has 0 aliphatic rings. The molecule has 1 heterocycles. The van der Waals surface area contributed by atoms with E-state index in [9.17, 15) is 0 Å². The molecule has 0 saturated carbocycles. The maximum absolute atomic E-state index is 5.16. The summed E-state index contributed by atoms with van der Waals surface area (Å²) in [6.45, 7) is 3.48. The minimum atomic E-state index is 0.508. The van der Waals surface area contributed by atoms with Crippen LogP contribution in [0.25, 0.3) is 0 Å². The van der Waals surface area contributed by atoms with E-state index in [1.807, 2.05) is 6.92 Å². The first-order valence-electron chi connectivity index (χ1n) is 3.88. The number of halogens is 1. The minimum Gasteiger partial charge on any atom is -0.382 e. The van der Waals surface area contributed by atoms with Crippen LogP contribution in [0.1, 0.15) is 19.2 Å². The largest absolute Gasteiger partial charge is 0.382 e. The predicted molar refractivity (Wildman–Crippen MR) is 46.8 cm³/mol. The van der Waals surface area contributed by atoms with E-state index in [2.05, 4.69) is 26.1 Å². The Morgan fingerprint density at radius 3 is 3.00 bits per heavy atom. The summed E-state index contributed by atoms with van der Waals surface area (Å²) in [6, 6.07) is 0. The summed E-state index contributed by atoms with van der Waals surface area (Å²) in [4.78, 5) is 3.99. The van der Waals surface area contributed by atoms with Crippen molar-refractivity contribution in [2.75, 3.05) is 13.2 Å². The van der Waals surface area contributed by atoms with Crippen LogP contribution in [0.2, 0.25) is 0 Å². The molecule has 0 spiro atoms. The summed E-state index contributed by atoms with van der Waals surface area (Å²) < 4.78 is 10.5. The smallest absolute Gasteiger partial charge is 0.238 e. The van der Waals surface area contributed by atoms with Crippen molar-refractivity contribution in [3.05, 3.63) is 10.6 Å². The third-order valence-corrected chi connectivity index (χ3v) is 1.65. The Morgan fingerprint density at radius 2 is 2.42 bits per heavy atom. The monoisotopic (exact) mass is 234 g/mol. The van der Waals surface area contributed by atoms with Crippen LogP contribution in [0.15, 0.2) is 9.26 Å². The second kappa shape index (κ2) is 5.27. The van der Waals surface area contributed by atoms with Gasteiger partial charge in [0.25, 0.3) is 0 Å². The topological polar surface area (TPSA) is 48.2 Å². The van der Waals surface area contributed by atoms with Gasteiger partial charge in [0, 0.05) is 19.6 Å². The minimum absolute atomic E-state index is 0.508. The van der Waals surface area contributed by atoms with E-state index in [1.165, 1.54) is 0 Å². The zero-order valence-corrected chi connectivity index (χ0v) is 8.50. The van der Waals surface area contributed by atoms with E-state index >= 15 is 0 Å². The van der Waals surface area contributed by atoms with Crippen LogP contribution >= 0.6 is 15.9 Å². The molecule has 0 amide bonds. The molecular weight excluding hydrogens is 224 g/mol. The van der Waals surface area contributed by atoms with Crippen molar-refractivity contribution >= 4 is 15.9 Å². The van der Waals surface area contributed by atoms with Crippen LogP contribution in [-0.4, -0.2) is 23.4 Å². The molecule has 5 heteroatoms. The first-order valence-corrected chi connectivity index (χ1v) is 4.68. The van der Waals surface area contributed by atoms with Gasteiger partial charge >= 0.3 is 0 Å². The summed E-state index contributed by atoms with van der Waals surface area (Å²) in [5, 5.41) is 3.61. The van der Waals surface area contributed by atoms with Crippen molar-refractivity contribution in [1.29, 1.82) is 0 Å². The van der Waals surface area contributed by atoms with Crippen LogP contribution in [0, 0.1) is 0 Å². The lowest BCUT2D eigenvalue weighted by molar-refractivity contribution is 0.143. The Labute approximate surface area is 79.4 Å². The number of rotatable bonds is 5. The Hall–Kier alpha value is -0.420. The second-order valence-electron chi connectivity index (χ2n) is 2.26. The summed E-state index contributed by atoms with van der Waals surface area (Å²) in [5.41, 5.74) is 0. The highest BCUT2D eigenvalue weighted by atomic mass is 79.9. The molecule has 0 bridgehead atoms. The van der Waals surface area contributed by atoms with Crippen LogP contribution in [0.3, 0.4) is 0 Å². The van der Waals surface area contributed by atoms with Crippen molar-refractivity contribution < 1.29 is 9.26 Å². The molecule has 0 fully saturated rings. The molecule has 1 aromatic rings. The van der Waals surface area contributed by atoms with Gasteiger partial charge in [0.05, 0.1) is 0 Å². The van der Waals surface area contributed by atoms with Gasteiger partial charge in [-0.1, -0.05) is 0 Å². The normalized spacial score (nSPS) is 10.5. The highest BCUT2D eigenvalue weighted by Crippen LogP contribution is 2.05. The molecule has 4 nitrogen and oxygen atoms in total. The number of hydrogen-bond acceptors (Lipinski definition) is 4. The third-order valence-electron chi connectivity index (χ3n) is 1.33. The van der Waals surface area contributed by atoms with Gasteiger partial charge in [-0.3, -0.25) is 0 Å². The molecule has 0 atom stereocenters. The molecule has 0 unspecified atom stereocenters. The zero-order valence-electron chi connectivity index (χ0n) is 6.92. The number of hydrogen-bond donors (Lipinski definition) is 0. The average Bonchev–Trinajstić information content (AvgIpc) is 2.45. The third kappa shape index (κ3) is 3.32. The summed E-state index contributed by atoms with van der Waals surface area (Å²) in [5.74, 6) is 0.654. The Balaban J connectivity index is 2.15. The molecule has 0 aliphatic carbocycles. The Kier molecular flexibility index (Phi) is 4.24. The fraction of sp³-hybridized carbons (Fsp3) is 0.714. The van der Waals surface area contributed by atoms with Gasteiger partial charge in [-0.15, -0.1) is 0 Å². The highest BCUT2D eigenvalue weighted by molar-refractivity contribution is 9.10. The van der Waals surface area contributed by atoms with Gasteiger partial charge in [-0.05, 0) is 34.4 Å². The van der Waals surface area contributed by atoms with E-state index in [0.717, 1.165) is 26.1 Å². The van der Waals surface area contributed by atoms with Crippen molar-refractivity contribution in [1.82, 2.24) is 10.1 Å². The molecular formula is C7H11BrN2O2. The molecule has 12 heavy (non-hydrogen) atoms. The van der Waals surface area contributed by atoms with Crippen LogP contribution < -0.4 is 0 Å². The second-order valence-corrected chi connectivity index (χ2v) is 2.97. The van der Waals surface area contributed by atoms with Gasteiger partial charge in [0.2, 0.25) is 10.6 Å². The van der Waals surface area contributed by atoms with Gasteiger partial charge in [0.15, 0.2) is 0 Å². The SMILES string of the molecule is CCOCCCc1nc(Br)no1. The number of nitrogens with zero attached hydrogens (tertiary/aromatic N) is 2. The summed E-state index contributed by atoms with van der Waals surface area (Å²) >= 11 is 3.11. The summed E-state index contributed by atoms with van der Waals surface area (Å²) in [6.07, 6.45) is 1.70. The lowest BCUT2D eigenvalue weighted by Gasteiger charge is -1.96. The van der Waals surface area contributed by atoms with Crippen molar-refractivity contribution in [2.45, 2.75) is 19.8 Å². The molecule has 1 rings (SSSR count). The fourth-order valence-electron chi connectivity index (χ4n) is 0.805. The fourth-order valence-corrected chi connectivity index (χ4v) is 1.08. The molecule has 0 aliphatic heterocycles. The van der Waals surface area contributed by atoms with Crippen molar-refractivity contribution in [3.63, 3.8) is 0 Å². The molecule has 68 valence electrons. The standard InChI is InChI=1S/C7H11BrN2O2/c1-2-11-5-3-4-6-9-7(8)10-12-6/h2-5H2,1H3. The lowest BCUT2D eigenvalue weighted by Crippen LogP contribution is -1.95. The summed E-state index contributed by atoms with van der Waals surface area (Å²) in [7, 11) is 0. The predicted octanol–water partition coefficient (Wildman–Crippen LogP) is 1.80. The van der Waals surface area contributed by atoms with Gasteiger partial charge < -0.3 is 9.26 Å². The first kappa shape index (κ1) is 9.67. The van der Waals surface area contributed by atoms with E-state index in [4.69, 9.17) is 9.26 Å². The number of ether oxygens (including phenoxy) is 1. The van der Waals surface area contributed by atoms with E-state index in [0.29, 0.717) is 10.6 Å². The van der Waals surface area contributed by atoms with E-state index in [-0.39, 0.29) is 0 Å². The van der Waals surface area contributed by atoms with Gasteiger partial charge in [0.1, 0.15) is 0 Å². The van der Waals surface area contributed by atoms with E-state index < -0.39 is 0 Å². The van der Waals surface area contributed by atoms with Crippen molar-refractivity contribution in [3.8, 4) is 0 Å². The van der Waals surface area contributed by atoms with Crippen LogP contribution in [0.4, 0.5) is 0 Å². The maximum Gasteiger partial charge on any atom is 0.238 e. The maximum atomic E-state index is 5.16. The first-order chi connectivity index (χ1) is 5.83. The van der Waals surface area contributed by atoms with Gasteiger partial charge in [-0.25, -0.2) is 0 Å². The molecule has 0 aromatic carbocycles. The Morgan fingerprint density at radius 1 is 1.58 bits per heavy atom. The molecule has 0 radical (unpaired) electrons. The number of aryl methyl sites for hydroxylation is 1. The molecule has 0 saturated heterocycles. The van der Waals surface area contributed by atoms with E-state index in [1.54, 1.807) is 0 Å².